The fraction of sp³-hybridized carbons (Fsp3) is 0.227. The van der Waals surface area contributed by atoms with Crippen LogP contribution in [0.4, 0.5) is 0 Å². The summed E-state index contributed by atoms with van der Waals surface area (Å²) in [5, 5.41) is 14.1. The molecular weight excluding hydrogens is 382 g/mol. The minimum absolute atomic E-state index is 0.121. The van der Waals surface area contributed by atoms with Crippen molar-refractivity contribution in [2.24, 2.45) is 0 Å². The molecule has 29 heavy (non-hydrogen) atoms. The zero-order valence-electron chi connectivity index (χ0n) is 16.7. The predicted molar refractivity (Wildman–Crippen MR) is 116 cm³/mol. The molecule has 0 aliphatic heterocycles. The van der Waals surface area contributed by atoms with Gasteiger partial charge in [0, 0.05) is 22.7 Å². The fourth-order valence-corrected chi connectivity index (χ4v) is 4.40. The van der Waals surface area contributed by atoms with Crippen molar-refractivity contribution >= 4 is 17.2 Å². The molecule has 0 spiro atoms. The highest BCUT2D eigenvalue weighted by molar-refractivity contribution is 7.13. The molecule has 6 nitrogen and oxygen atoms in total. The molecule has 0 aliphatic rings. The van der Waals surface area contributed by atoms with Crippen LogP contribution in [0.5, 0.6) is 0 Å². The third-order valence-electron chi connectivity index (χ3n) is 5.01. The van der Waals surface area contributed by atoms with Crippen LogP contribution in [0.3, 0.4) is 0 Å². The van der Waals surface area contributed by atoms with Gasteiger partial charge in [0.25, 0.3) is 5.91 Å². The van der Waals surface area contributed by atoms with E-state index in [-0.39, 0.29) is 5.91 Å². The largest absolute Gasteiger partial charge is 0.350 e. The number of rotatable bonds is 6. The van der Waals surface area contributed by atoms with Crippen LogP contribution in [0.15, 0.2) is 54.0 Å². The Balaban J connectivity index is 1.43. The third-order valence-corrected chi connectivity index (χ3v) is 5.90. The van der Waals surface area contributed by atoms with Crippen molar-refractivity contribution in [2.75, 3.05) is 6.54 Å². The maximum atomic E-state index is 12.7. The smallest absolute Gasteiger partial charge is 0.254 e. The van der Waals surface area contributed by atoms with E-state index in [0.29, 0.717) is 18.7 Å². The average molecular weight is 406 g/mol. The molecule has 0 saturated carbocycles. The predicted octanol–water partition coefficient (Wildman–Crippen LogP) is 4.15. The Kier molecular flexibility index (Phi) is 5.31. The molecule has 148 valence electrons. The summed E-state index contributed by atoms with van der Waals surface area (Å²) in [4.78, 5) is 13.9. The lowest BCUT2D eigenvalue weighted by Crippen LogP contribution is -2.28. The van der Waals surface area contributed by atoms with Crippen molar-refractivity contribution in [3.05, 3.63) is 76.7 Å². The highest BCUT2D eigenvalue weighted by atomic mass is 32.1. The highest BCUT2D eigenvalue weighted by Gasteiger charge is 2.16. The standard InChI is InChI=1S/C22H23N5OS/c1-15-21(20-10-7-13-29-20)17(3)26(25-15)12-11-23-22(28)19-14-24-27(16(19)2)18-8-5-4-6-9-18/h4-10,13-14H,11-12H2,1-3H3,(H,23,28). The molecule has 0 bridgehead atoms. The molecule has 0 fully saturated rings. The molecule has 1 N–H and O–H groups in total. The summed E-state index contributed by atoms with van der Waals surface area (Å²) < 4.78 is 3.74. The summed E-state index contributed by atoms with van der Waals surface area (Å²) in [6.07, 6.45) is 1.62. The van der Waals surface area contributed by atoms with Crippen molar-refractivity contribution in [2.45, 2.75) is 27.3 Å². The van der Waals surface area contributed by atoms with Crippen LogP contribution in [0.1, 0.15) is 27.4 Å². The van der Waals surface area contributed by atoms with E-state index in [1.54, 1.807) is 22.2 Å². The molecule has 0 unspecified atom stereocenters. The molecular formula is C22H23N5OS. The molecule has 1 amide bonds. The van der Waals surface area contributed by atoms with Gasteiger partial charge in [-0.25, -0.2) is 4.68 Å². The molecule has 3 heterocycles. The Morgan fingerprint density at radius 2 is 1.86 bits per heavy atom. The first-order chi connectivity index (χ1) is 14.1. The Morgan fingerprint density at radius 3 is 2.59 bits per heavy atom. The topological polar surface area (TPSA) is 64.7 Å². The number of para-hydroxylation sites is 1. The third kappa shape index (κ3) is 3.73. The van der Waals surface area contributed by atoms with Gasteiger partial charge in [-0.05, 0) is 44.4 Å². The van der Waals surface area contributed by atoms with Gasteiger partial charge in [0.05, 0.1) is 35.4 Å². The second kappa shape index (κ2) is 8.05. The van der Waals surface area contributed by atoms with Crippen molar-refractivity contribution in [1.82, 2.24) is 24.9 Å². The van der Waals surface area contributed by atoms with Crippen LogP contribution in [0.2, 0.25) is 0 Å². The summed E-state index contributed by atoms with van der Waals surface area (Å²) >= 11 is 1.71. The van der Waals surface area contributed by atoms with Crippen molar-refractivity contribution in [1.29, 1.82) is 0 Å². The minimum Gasteiger partial charge on any atom is -0.350 e. The summed E-state index contributed by atoms with van der Waals surface area (Å²) in [6.45, 7) is 7.13. The molecule has 4 rings (SSSR count). The van der Waals surface area contributed by atoms with Crippen LogP contribution in [-0.2, 0) is 6.54 Å². The number of nitrogens with one attached hydrogen (secondary N) is 1. The van der Waals surface area contributed by atoms with Crippen LogP contribution in [0.25, 0.3) is 16.1 Å². The van der Waals surface area contributed by atoms with Gasteiger partial charge in [-0.1, -0.05) is 24.3 Å². The molecule has 4 aromatic rings. The lowest BCUT2D eigenvalue weighted by Gasteiger charge is -2.08. The quantitative estimate of drug-likeness (QED) is 0.524. The normalized spacial score (nSPS) is 11.0. The number of hydrogen-bond donors (Lipinski definition) is 1. The van der Waals surface area contributed by atoms with Crippen LogP contribution < -0.4 is 5.32 Å². The van der Waals surface area contributed by atoms with Gasteiger partial charge < -0.3 is 5.32 Å². The van der Waals surface area contributed by atoms with Gasteiger partial charge in [-0.2, -0.15) is 10.2 Å². The first kappa shape index (κ1) is 19.1. The van der Waals surface area contributed by atoms with Gasteiger partial charge in [0.1, 0.15) is 0 Å². The van der Waals surface area contributed by atoms with Crippen molar-refractivity contribution < 1.29 is 4.79 Å². The van der Waals surface area contributed by atoms with Gasteiger partial charge in [-0.3, -0.25) is 9.48 Å². The number of nitrogens with zero attached hydrogens (tertiary/aromatic N) is 4. The molecule has 3 aromatic heterocycles. The number of carbonyl (C=O) groups is 1. The summed E-state index contributed by atoms with van der Waals surface area (Å²) in [7, 11) is 0. The van der Waals surface area contributed by atoms with Gasteiger partial charge in [-0.15, -0.1) is 11.3 Å². The van der Waals surface area contributed by atoms with E-state index in [4.69, 9.17) is 0 Å². The van der Waals surface area contributed by atoms with E-state index in [1.165, 1.54) is 10.4 Å². The zero-order valence-corrected chi connectivity index (χ0v) is 17.5. The SMILES string of the molecule is Cc1nn(CCNC(=O)c2cnn(-c3ccccc3)c2C)c(C)c1-c1cccs1. The van der Waals surface area contributed by atoms with E-state index in [1.807, 2.05) is 54.9 Å². The molecule has 0 aliphatic carbocycles. The Hall–Kier alpha value is -3.19. The van der Waals surface area contributed by atoms with Crippen LogP contribution in [-0.4, -0.2) is 32.0 Å². The minimum atomic E-state index is -0.121. The van der Waals surface area contributed by atoms with Crippen molar-refractivity contribution in [3.63, 3.8) is 0 Å². The number of aromatic nitrogens is 4. The van der Waals surface area contributed by atoms with E-state index in [0.717, 1.165) is 22.8 Å². The van der Waals surface area contributed by atoms with Crippen LogP contribution in [0, 0.1) is 20.8 Å². The summed E-state index contributed by atoms with van der Waals surface area (Å²) in [6, 6.07) is 14.0. The Morgan fingerprint density at radius 1 is 1.07 bits per heavy atom. The first-order valence-corrected chi connectivity index (χ1v) is 10.4. The van der Waals surface area contributed by atoms with E-state index in [2.05, 4.69) is 33.9 Å². The number of benzene rings is 1. The number of carbonyl (C=O) groups excluding carboxylic acids is 1. The number of aryl methyl sites for hydroxylation is 1. The van der Waals surface area contributed by atoms with Gasteiger partial charge >= 0.3 is 0 Å². The zero-order chi connectivity index (χ0) is 20.4. The van der Waals surface area contributed by atoms with Gasteiger partial charge in [0.15, 0.2) is 0 Å². The second-order valence-electron chi connectivity index (χ2n) is 6.89. The van der Waals surface area contributed by atoms with Crippen molar-refractivity contribution in [3.8, 4) is 16.1 Å². The maximum absolute atomic E-state index is 12.7. The molecule has 1 aromatic carbocycles. The molecule has 0 atom stereocenters. The molecule has 0 saturated heterocycles. The summed E-state index contributed by atoms with van der Waals surface area (Å²) in [5.74, 6) is -0.121. The lowest BCUT2D eigenvalue weighted by molar-refractivity contribution is 0.0951. The van der Waals surface area contributed by atoms with E-state index >= 15 is 0 Å². The van der Waals surface area contributed by atoms with E-state index in [9.17, 15) is 4.79 Å². The second-order valence-corrected chi connectivity index (χ2v) is 7.84. The van der Waals surface area contributed by atoms with Gasteiger partial charge in [0.2, 0.25) is 0 Å². The maximum Gasteiger partial charge on any atom is 0.254 e. The Bertz CT molecular complexity index is 1130. The fourth-order valence-electron chi connectivity index (χ4n) is 3.52. The first-order valence-electron chi connectivity index (χ1n) is 9.52. The molecule has 0 radical (unpaired) electrons. The Labute approximate surface area is 173 Å². The number of amides is 1. The lowest BCUT2D eigenvalue weighted by atomic mass is 10.1. The summed E-state index contributed by atoms with van der Waals surface area (Å²) in [5.41, 5.74) is 5.66. The average Bonchev–Trinajstić information content (AvgIpc) is 3.43. The molecule has 7 heteroatoms. The number of thiophene rings is 1. The monoisotopic (exact) mass is 405 g/mol. The van der Waals surface area contributed by atoms with Crippen LogP contribution >= 0.6 is 11.3 Å². The van der Waals surface area contributed by atoms with E-state index < -0.39 is 0 Å². The number of hydrogen-bond acceptors (Lipinski definition) is 4. The highest BCUT2D eigenvalue weighted by Crippen LogP contribution is 2.30.